The summed E-state index contributed by atoms with van der Waals surface area (Å²) >= 11 is 3.36. The number of nitrogens with zero attached hydrogens (tertiary/aromatic N) is 2. The topological polar surface area (TPSA) is 86.8 Å². The Morgan fingerprint density at radius 3 is 2.48 bits per heavy atom. The van der Waals surface area contributed by atoms with E-state index in [0.29, 0.717) is 5.69 Å². The molecule has 0 atom stereocenters. The molecule has 0 unspecified atom stereocenters. The number of nitrogens with one attached hydrogen (secondary N) is 1. The molecule has 25 heavy (non-hydrogen) atoms. The molecule has 1 heterocycles. The van der Waals surface area contributed by atoms with E-state index in [2.05, 4.69) is 21.2 Å². The second-order valence-corrected chi connectivity index (χ2v) is 6.86. The van der Waals surface area contributed by atoms with Crippen molar-refractivity contribution >= 4 is 45.2 Å². The second kappa shape index (κ2) is 8.24. The summed E-state index contributed by atoms with van der Waals surface area (Å²) in [5.74, 6) is -1.10. The van der Waals surface area contributed by atoms with Gasteiger partial charge in [-0.15, -0.1) is 0 Å². The normalized spacial score (nSPS) is 14.0. The summed E-state index contributed by atoms with van der Waals surface area (Å²) in [6.07, 6.45) is 0.425. The van der Waals surface area contributed by atoms with Gasteiger partial charge in [-0.25, -0.2) is 0 Å². The van der Waals surface area contributed by atoms with Crippen LogP contribution in [0.5, 0.6) is 0 Å². The van der Waals surface area contributed by atoms with Gasteiger partial charge in [-0.3, -0.25) is 24.1 Å². The largest absolute Gasteiger partial charge is 0.336 e. The minimum absolute atomic E-state index is 0.0125. The maximum atomic E-state index is 12.1. The van der Waals surface area contributed by atoms with Gasteiger partial charge in [0.1, 0.15) is 0 Å². The Morgan fingerprint density at radius 2 is 1.88 bits per heavy atom. The predicted octanol–water partition coefficient (Wildman–Crippen LogP) is 1.69. The highest BCUT2D eigenvalue weighted by Crippen LogP contribution is 2.20. The summed E-state index contributed by atoms with van der Waals surface area (Å²) in [5.41, 5.74) is 1.59. The number of amides is 4. The fourth-order valence-electron chi connectivity index (χ4n) is 2.53. The quantitative estimate of drug-likeness (QED) is 0.724. The summed E-state index contributed by atoms with van der Waals surface area (Å²) < 4.78 is 0.918. The van der Waals surface area contributed by atoms with Gasteiger partial charge in [0, 0.05) is 43.0 Å². The number of likely N-dealkylation sites (N-methyl/N-ethyl adjacent to an activating group) is 1. The van der Waals surface area contributed by atoms with E-state index in [-0.39, 0.29) is 56.0 Å². The maximum Gasteiger partial charge on any atom is 0.243 e. The van der Waals surface area contributed by atoms with E-state index in [9.17, 15) is 19.2 Å². The molecule has 134 valence electrons. The molecule has 1 aliphatic heterocycles. The summed E-state index contributed by atoms with van der Waals surface area (Å²) in [6, 6.07) is 5.49. The van der Waals surface area contributed by atoms with Gasteiger partial charge in [-0.05, 0) is 30.7 Å². The molecule has 2 rings (SSSR count). The molecule has 1 aromatic rings. The summed E-state index contributed by atoms with van der Waals surface area (Å²) in [7, 11) is 1.52. The van der Waals surface area contributed by atoms with Gasteiger partial charge >= 0.3 is 0 Å². The van der Waals surface area contributed by atoms with Crippen LogP contribution >= 0.6 is 15.9 Å². The highest BCUT2D eigenvalue weighted by molar-refractivity contribution is 9.10. The first-order chi connectivity index (χ1) is 11.8. The van der Waals surface area contributed by atoms with Crippen molar-refractivity contribution < 1.29 is 19.2 Å². The van der Waals surface area contributed by atoms with Gasteiger partial charge in [0.05, 0.1) is 6.54 Å². The van der Waals surface area contributed by atoms with Gasteiger partial charge < -0.3 is 10.2 Å². The van der Waals surface area contributed by atoms with Crippen molar-refractivity contribution in [2.24, 2.45) is 0 Å². The number of rotatable bonds is 6. The highest BCUT2D eigenvalue weighted by atomic mass is 79.9. The van der Waals surface area contributed by atoms with Crippen LogP contribution in [0.1, 0.15) is 24.8 Å². The third-order valence-electron chi connectivity index (χ3n) is 3.97. The van der Waals surface area contributed by atoms with Crippen molar-refractivity contribution in [2.75, 3.05) is 25.5 Å². The Bertz CT molecular complexity index is 704. The predicted molar refractivity (Wildman–Crippen MR) is 95.7 cm³/mol. The van der Waals surface area contributed by atoms with Crippen molar-refractivity contribution in [1.29, 1.82) is 0 Å². The van der Waals surface area contributed by atoms with Crippen molar-refractivity contribution in [1.82, 2.24) is 9.80 Å². The zero-order chi connectivity index (χ0) is 18.6. The molecule has 1 aromatic carbocycles. The number of hydrogen-bond donors (Lipinski definition) is 1. The number of carbonyl (C=O) groups is 4. The van der Waals surface area contributed by atoms with E-state index in [1.807, 2.05) is 19.1 Å². The third kappa shape index (κ3) is 5.12. The first kappa shape index (κ1) is 19.1. The SMILES string of the molecule is Cc1cc(Br)ccc1NC(=O)CN(C)C(=O)CCN1C(=O)CCC1=O. The number of benzene rings is 1. The van der Waals surface area contributed by atoms with Crippen LogP contribution < -0.4 is 5.32 Å². The zero-order valence-electron chi connectivity index (χ0n) is 14.2. The molecule has 0 spiro atoms. The first-order valence-corrected chi connectivity index (χ1v) is 8.70. The van der Waals surface area contributed by atoms with Crippen LogP contribution in [0.25, 0.3) is 0 Å². The van der Waals surface area contributed by atoms with Crippen LogP contribution in [0, 0.1) is 6.92 Å². The van der Waals surface area contributed by atoms with Gasteiger partial charge in [0.15, 0.2) is 0 Å². The van der Waals surface area contributed by atoms with Crippen LogP contribution in [0.2, 0.25) is 0 Å². The van der Waals surface area contributed by atoms with Crippen LogP contribution in [0.4, 0.5) is 5.69 Å². The summed E-state index contributed by atoms with van der Waals surface area (Å²) in [6.45, 7) is 1.84. The summed E-state index contributed by atoms with van der Waals surface area (Å²) in [4.78, 5) is 49.6. The van der Waals surface area contributed by atoms with E-state index in [4.69, 9.17) is 0 Å². The molecule has 1 aliphatic rings. The van der Waals surface area contributed by atoms with Gasteiger partial charge in [0.25, 0.3) is 0 Å². The molecule has 1 saturated heterocycles. The van der Waals surface area contributed by atoms with E-state index < -0.39 is 0 Å². The van der Waals surface area contributed by atoms with Crippen molar-refractivity contribution in [3.05, 3.63) is 28.2 Å². The van der Waals surface area contributed by atoms with Crippen LogP contribution in [0.15, 0.2) is 22.7 Å². The lowest BCUT2D eigenvalue weighted by molar-refractivity contribution is -0.140. The lowest BCUT2D eigenvalue weighted by Gasteiger charge is -2.19. The molecular weight excluding hydrogens is 390 g/mol. The number of halogens is 1. The molecular formula is C17H20BrN3O4. The number of aryl methyl sites for hydroxylation is 1. The molecule has 0 saturated carbocycles. The zero-order valence-corrected chi connectivity index (χ0v) is 15.8. The Labute approximate surface area is 154 Å². The van der Waals surface area contributed by atoms with E-state index in [1.54, 1.807) is 6.07 Å². The Morgan fingerprint density at radius 1 is 1.24 bits per heavy atom. The smallest absolute Gasteiger partial charge is 0.243 e. The number of anilines is 1. The third-order valence-corrected chi connectivity index (χ3v) is 4.47. The van der Waals surface area contributed by atoms with Crippen molar-refractivity contribution in [3.8, 4) is 0 Å². The fourth-order valence-corrected chi connectivity index (χ4v) is 3.01. The standard InChI is InChI=1S/C17H20BrN3O4/c1-11-9-12(18)3-4-13(11)19-14(22)10-20(2)15(23)7-8-21-16(24)5-6-17(21)25/h3-4,9H,5-8,10H2,1-2H3,(H,19,22). The fraction of sp³-hybridized carbons (Fsp3) is 0.412. The molecule has 1 N–H and O–H groups in total. The van der Waals surface area contributed by atoms with Gasteiger partial charge in [0.2, 0.25) is 23.6 Å². The Balaban J connectivity index is 1.82. The Hall–Kier alpha value is -2.22. The Kier molecular flexibility index (Phi) is 6.30. The molecule has 0 bridgehead atoms. The van der Waals surface area contributed by atoms with E-state index in [0.717, 1.165) is 14.9 Å². The van der Waals surface area contributed by atoms with Crippen molar-refractivity contribution in [2.45, 2.75) is 26.2 Å². The van der Waals surface area contributed by atoms with E-state index >= 15 is 0 Å². The van der Waals surface area contributed by atoms with Crippen molar-refractivity contribution in [3.63, 3.8) is 0 Å². The lowest BCUT2D eigenvalue weighted by Crippen LogP contribution is -2.38. The average Bonchev–Trinajstić information content (AvgIpc) is 2.86. The molecule has 0 radical (unpaired) electrons. The first-order valence-electron chi connectivity index (χ1n) is 7.91. The monoisotopic (exact) mass is 409 g/mol. The number of likely N-dealkylation sites (tertiary alicyclic amines) is 1. The minimum atomic E-state index is -0.311. The lowest BCUT2D eigenvalue weighted by atomic mass is 10.2. The average molecular weight is 410 g/mol. The second-order valence-electron chi connectivity index (χ2n) is 5.95. The molecule has 4 amide bonds. The molecule has 0 aromatic heterocycles. The maximum absolute atomic E-state index is 12.1. The molecule has 1 fully saturated rings. The number of carbonyl (C=O) groups excluding carboxylic acids is 4. The number of imide groups is 1. The van der Waals surface area contributed by atoms with Gasteiger partial charge in [-0.1, -0.05) is 15.9 Å². The van der Waals surface area contributed by atoms with Gasteiger partial charge in [-0.2, -0.15) is 0 Å². The minimum Gasteiger partial charge on any atom is -0.336 e. The molecule has 7 nitrogen and oxygen atoms in total. The van der Waals surface area contributed by atoms with E-state index in [1.165, 1.54) is 11.9 Å². The van der Waals surface area contributed by atoms with Crippen LogP contribution in [-0.4, -0.2) is 53.6 Å². The number of hydrogen-bond acceptors (Lipinski definition) is 4. The summed E-state index contributed by atoms with van der Waals surface area (Å²) in [5, 5.41) is 2.76. The van der Waals surface area contributed by atoms with Crippen LogP contribution in [-0.2, 0) is 19.2 Å². The van der Waals surface area contributed by atoms with Crippen LogP contribution in [0.3, 0.4) is 0 Å². The highest BCUT2D eigenvalue weighted by Gasteiger charge is 2.29. The molecule has 0 aliphatic carbocycles. The molecule has 8 heteroatoms.